The molecule has 4 heterocycles. The third-order valence-corrected chi connectivity index (χ3v) is 6.38. The highest BCUT2D eigenvalue weighted by molar-refractivity contribution is 5.95. The Morgan fingerprint density at radius 3 is 2.61 bits per heavy atom. The Balaban J connectivity index is 1.13. The molecule has 1 aromatic carbocycles. The van der Waals surface area contributed by atoms with Crippen LogP contribution < -0.4 is 19.7 Å². The molecule has 2 saturated heterocycles. The van der Waals surface area contributed by atoms with Crippen molar-refractivity contribution < 1.29 is 23.8 Å². The minimum Gasteiger partial charge on any atom is -0.454 e. The number of rotatable bonds is 5. The van der Waals surface area contributed by atoms with Gasteiger partial charge in [-0.05, 0) is 42.7 Å². The fourth-order valence-corrected chi connectivity index (χ4v) is 4.43. The Bertz CT molecular complexity index is 1020. The second-order valence-electron chi connectivity index (χ2n) is 8.47. The summed E-state index contributed by atoms with van der Waals surface area (Å²) in [6.07, 6.45) is 3.18. The largest absolute Gasteiger partial charge is 0.454 e. The van der Waals surface area contributed by atoms with Gasteiger partial charge in [0.25, 0.3) is 5.91 Å². The van der Waals surface area contributed by atoms with E-state index in [4.69, 9.17) is 14.2 Å². The number of nitrogens with zero attached hydrogens (tertiary/aromatic N) is 3. The van der Waals surface area contributed by atoms with E-state index in [2.05, 4.69) is 15.2 Å². The number of hydrogen-bond acceptors (Lipinski definition) is 7. The van der Waals surface area contributed by atoms with Crippen LogP contribution in [-0.4, -0.2) is 67.9 Å². The minimum absolute atomic E-state index is 0.0136. The Labute approximate surface area is 192 Å². The summed E-state index contributed by atoms with van der Waals surface area (Å²) in [4.78, 5) is 33.9. The normalized spacial score (nSPS) is 18.3. The van der Waals surface area contributed by atoms with E-state index in [1.807, 2.05) is 29.2 Å². The molecule has 1 aromatic heterocycles. The number of carbonyl (C=O) groups is 2. The van der Waals surface area contributed by atoms with E-state index >= 15 is 0 Å². The molecule has 1 N–H and O–H groups in total. The number of aromatic nitrogens is 1. The molecule has 3 aliphatic rings. The van der Waals surface area contributed by atoms with Crippen molar-refractivity contribution in [3.8, 4) is 11.5 Å². The van der Waals surface area contributed by atoms with Crippen molar-refractivity contribution in [1.82, 2.24) is 15.2 Å². The van der Waals surface area contributed by atoms with Gasteiger partial charge in [0.15, 0.2) is 11.5 Å². The summed E-state index contributed by atoms with van der Waals surface area (Å²) in [5.74, 6) is 2.29. The van der Waals surface area contributed by atoms with Crippen molar-refractivity contribution in [3.05, 3.63) is 47.7 Å². The van der Waals surface area contributed by atoms with Gasteiger partial charge in [0.2, 0.25) is 12.7 Å². The monoisotopic (exact) mass is 452 g/mol. The molecular weight excluding hydrogens is 424 g/mol. The molecule has 0 spiro atoms. The molecule has 3 aliphatic heterocycles. The van der Waals surface area contributed by atoms with Crippen LogP contribution in [0.2, 0.25) is 0 Å². The van der Waals surface area contributed by atoms with Gasteiger partial charge in [0.1, 0.15) is 5.82 Å². The van der Waals surface area contributed by atoms with Crippen molar-refractivity contribution in [2.45, 2.75) is 19.4 Å². The SMILES string of the molecule is O=C(NCc1ccc2c(c1)OCO2)C1CCN(c2cc(C(=O)N3CCOCC3)ccn2)CC1. The van der Waals surface area contributed by atoms with Crippen molar-refractivity contribution >= 4 is 17.6 Å². The van der Waals surface area contributed by atoms with Crippen LogP contribution in [0.15, 0.2) is 36.5 Å². The van der Waals surface area contributed by atoms with Gasteiger partial charge in [-0.1, -0.05) is 6.07 Å². The zero-order valence-corrected chi connectivity index (χ0v) is 18.5. The van der Waals surface area contributed by atoms with Crippen LogP contribution in [0.1, 0.15) is 28.8 Å². The molecule has 0 atom stereocenters. The Morgan fingerprint density at radius 1 is 1.00 bits per heavy atom. The van der Waals surface area contributed by atoms with Crippen LogP contribution in [0.25, 0.3) is 0 Å². The van der Waals surface area contributed by atoms with Gasteiger partial charge in [0.05, 0.1) is 13.2 Å². The lowest BCUT2D eigenvalue weighted by Crippen LogP contribution is -2.41. The molecule has 174 valence electrons. The smallest absolute Gasteiger partial charge is 0.254 e. The van der Waals surface area contributed by atoms with Gasteiger partial charge in [-0.3, -0.25) is 9.59 Å². The number of carbonyl (C=O) groups excluding carboxylic acids is 2. The topological polar surface area (TPSA) is 93.2 Å². The second-order valence-corrected chi connectivity index (χ2v) is 8.47. The van der Waals surface area contributed by atoms with Gasteiger partial charge in [-0.2, -0.15) is 0 Å². The Kier molecular flexibility index (Phi) is 6.30. The number of ether oxygens (including phenoxy) is 3. The number of benzene rings is 1. The summed E-state index contributed by atoms with van der Waals surface area (Å²) >= 11 is 0. The number of hydrogen-bond donors (Lipinski definition) is 1. The molecule has 2 amide bonds. The maximum absolute atomic E-state index is 12.8. The molecule has 0 unspecified atom stereocenters. The number of pyridine rings is 1. The highest BCUT2D eigenvalue weighted by Crippen LogP contribution is 2.32. The molecule has 0 radical (unpaired) electrons. The fraction of sp³-hybridized carbons (Fsp3) is 0.458. The number of anilines is 1. The summed E-state index contributed by atoms with van der Waals surface area (Å²) in [5, 5.41) is 3.05. The van der Waals surface area contributed by atoms with Gasteiger partial charge in [-0.25, -0.2) is 4.98 Å². The molecule has 5 rings (SSSR count). The van der Waals surface area contributed by atoms with Crippen LogP contribution in [-0.2, 0) is 16.1 Å². The van der Waals surface area contributed by atoms with E-state index in [-0.39, 0.29) is 24.5 Å². The average Bonchev–Trinajstić information content (AvgIpc) is 3.35. The summed E-state index contributed by atoms with van der Waals surface area (Å²) in [6.45, 7) is 4.54. The van der Waals surface area contributed by atoms with Crippen molar-refractivity contribution in [1.29, 1.82) is 0 Å². The van der Waals surface area contributed by atoms with Crippen molar-refractivity contribution in [3.63, 3.8) is 0 Å². The van der Waals surface area contributed by atoms with Gasteiger partial charge in [0, 0.05) is 50.4 Å². The van der Waals surface area contributed by atoms with E-state index in [1.54, 1.807) is 12.3 Å². The van der Waals surface area contributed by atoms with E-state index in [0.29, 0.717) is 38.4 Å². The maximum Gasteiger partial charge on any atom is 0.254 e. The van der Waals surface area contributed by atoms with E-state index in [9.17, 15) is 9.59 Å². The van der Waals surface area contributed by atoms with Crippen LogP contribution in [0, 0.1) is 5.92 Å². The Hall–Kier alpha value is -3.33. The first-order chi connectivity index (χ1) is 16.2. The van der Waals surface area contributed by atoms with E-state index < -0.39 is 0 Å². The summed E-state index contributed by atoms with van der Waals surface area (Å²) in [5.41, 5.74) is 1.63. The molecular formula is C24H28N4O5. The molecule has 2 fully saturated rings. The fourth-order valence-electron chi connectivity index (χ4n) is 4.43. The molecule has 33 heavy (non-hydrogen) atoms. The van der Waals surface area contributed by atoms with Crippen LogP contribution in [0.4, 0.5) is 5.82 Å². The molecule has 0 saturated carbocycles. The zero-order chi connectivity index (χ0) is 22.6. The summed E-state index contributed by atoms with van der Waals surface area (Å²) < 4.78 is 16.1. The van der Waals surface area contributed by atoms with Crippen LogP contribution in [0.5, 0.6) is 11.5 Å². The summed E-state index contributed by atoms with van der Waals surface area (Å²) in [6, 6.07) is 9.33. The highest BCUT2D eigenvalue weighted by Gasteiger charge is 2.26. The predicted octanol–water partition coefficient (Wildman–Crippen LogP) is 1.82. The predicted molar refractivity (Wildman–Crippen MR) is 120 cm³/mol. The molecule has 0 bridgehead atoms. The third kappa shape index (κ3) is 4.88. The molecule has 2 aromatic rings. The lowest BCUT2D eigenvalue weighted by Gasteiger charge is -2.32. The van der Waals surface area contributed by atoms with E-state index in [1.165, 1.54) is 0 Å². The number of nitrogens with one attached hydrogen (secondary N) is 1. The maximum atomic E-state index is 12.8. The number of morpholine rings is 1. The van der Waals surface area contributed by atoms with Gasteiger partial charge >= 0.3 is 0 Å². The molecule has 0 aliphatic carbocycles. The number of fused-ring (bicyclic) bond motifs is 1. The second kappa shape index (κ2) is 9.66. The van der Waals surface area contributed by atoms with Crippen LogP contribution in [0.3, 0.4) is 0 Å². The number of piperidine rings is 1. The lowest BCUT2D eigenvalue weighted by atomic mass is 9.95. The van der Waals surface area contributed by atoms with Crippen molar-refractivity contribution in [2.75, 3.05) is 51.1 Å². The van der Waals surface area contributed by atoms with E-state index in [0.717, 1.165) is 48.8 Å². The first-order valence-corrected chi connectivity index (χ1v) is 11.4. The van der Waals surface area contributed by atoms with Crippen molar-refractivity contribution in [2.24, 2.45) is 5.92 Å². The first-order valence-electron chi connectivity index (χ1n) is 11.4. The van der Waals surface area contributed by atoms with Gasteiger partial charge in [-0.15, -0.1) is 0 Å². The summed E-state index contributed by atoms with van der Waals surface area (Å²) in [7, 11) is 0. The Morgan fingerprint density at radius 2 is 1.79 bits per heavy atom. The average molecular weight is 453 g/mol. The quantitative estimate of drug-likeness (QED) is 0.740. The number of amides is 2. The zero-order valence-electron chi connectivity index (χ0n) is 18.5. The van der Waals surface area contributed by atoms with Crippen LogP contribution >= 0.6 is 0 Å². The lowest BCUT2D eigenvalue weighted by molar-refractivity contribution is -0.125. The minimum atomic E-state index is -0.0339. The third-order valence-electron chi connectivity index (χ3n) is 6.38. The first kappa shape index (κ1) is 21.5. The molecule has 9 nitrogen and oxygen atoms in total. The highest BCUT2D eigenvalue weighted by atomic mass is 16.7. The molecule has 9 heteroatoms. The standard InChI is InChI=1S/C24H28N4O5/c29-23(26-15-17-1-2-20-21(13-17)33-16-32-20)18-4-7-27(8-5-18)22-14-19(3-6-25-22)24(30)28-9-11-31-12-10-28/h1-3,6,13-14,18H,4-5,7-12,15-16H2,(H,26,29). The van der Waals surface area contributed by atoms with Gasteiger partial charge < -0.3 is 29.3 Å².